The Balaban J connectivity index is 2.11. The fourth-order valence-electron chi connectivity index (χ4n) is 1.24. The van der Waals surface area contributed by atoms with Crippen LogP contribution in [-0.2, 0) is 8.85 Å². The fourth-order valence-corrected chi connectivity index (χ4v) is 3.17. The van der Waals surface area contributed by atoms with Crippen LogP contribution >= 0.6 is 0 Å². The quantitative estimate of drug-likeness (QED) is 0.661. The van der Waals surface area contributed by atoms with Crippen LogP contribution in [-0.4, -0.2) is 35.6 Å². The second kappa shape index (κ2) is 6.60. The molecule has 1 fully saturated rings. The molecule has 0 spiro atoms. The second-order valence-electron chi connectivity index (χ2n) is 3.06. The van der Waals surface area contributed by atoms with Gasteiger partial charge >= 0.3 is 9.28 Å². The van der Waals surface area contributed by atoms with Crippen LogP contribution in [0, 0.1) is 0 Å². The Morgan fingerprint density at radius 3 is 2.50 bits per heavy atom. The Bertz CT molecular complexity index is 102. The molecule has 12 heavy (non-hydrogen) atoms. The molecule has 1 aliphatic rings. The molecule has 0 radical (unpaired) electrons. The van der Waals surface area contributed by atoms with Crippen LogP contribution in [0.25, 0.3) is 0 Å². The summed E-state index contributed by atoms with van der Waals surface area (Å²) in [4.78, 5) is 0. The van der Waals surface area contributed by atoms with Crippen LogP contribution in [0.5, 0.6) is 0 Å². The van der Waals surface area contributed by atoms with Gasteiger partial charge in [0.1, 0.15) is 0 Å². The summed E-state index contributed by atoms with van der Waals surface area (Å²) in [7, 11) is -1.26. The van der Waals surface area contributed by atoms with Gasteiger partial charge in [-0.25, -0.2) is 0 Å². The molecule has 0 aromatic carbocycles. The van der Waals surface area contributed by atoms with E-state index in [0.717, 1.165) is 26.3 Å². The van der Waals surface area contributed by atoms with Crippen molar-refractivity contribution in [3.05, 3.63) is 0 Å². The Morgan fingerprint density at radius 2 is 1.92 bits per heavy atom. The molecule has 0 amide bonds. The van der Waals surface area contributed by atoms with Crippen LogP contribution in [0.4, 0.5) is 0 Å². The monoisotopic (exact) mass is 189 g/mol. The maximum Gasteiger partial charge on any atom is 0.321 e. The molecule has 0 aliphatic carbocycles. The van der Waals surface area contributed by atoms with Gasteiger partial charge in [-0.2, -0.15) is 0 Å². The van der Waals surface area contributed by atoms with E-state index in [1.54, 1.807) is 0 Å². The summed E-state index contributed by atoms with van der Waals surface area (Å²) in [6.45, 7) is 5.85. The van der Waals surface area contributed by atoms with Crippen molar-refractivity contribution in [1.29, 1.82) is 0 Å². The van der Waals surface area contributed by atoms with E-state index in [1.165, 1.54) is 18.9 Å². The van der Waals surface area contributed by atoms with Gasteiger partial charge in [-0.3, -0.25) is 0 Å². The summed E-state index contributed by atoms with van der Waals surface area (Å²) in [6.07, 6.45) is 2.50. The SMILES string of the molecule is CCCC[SiH]1OCCNCCO1. The summed E-state index contributed by atoms with van der Waals surface area (Å²) in [6, 6.07) is 1.18. The highest BCUT2D eigenvalue weighted by molar-refractivity contribution is 6.44. The summed E-state index contributed by atoms with van der Waals surface area (Å²) >= 11 is 0. The zero-order valence-electron chi connectivity index (χ0n) is 7.84. The van der Waals surface area contributed by atoms with Gasteiger partial charge in [0.15, 0.2) is 0 Å². The second-order valence-corrected chi connectivity index (χ2v) is 5.17. The van der Waals surface area contributed by atoms with E-state index in [9.17, 15) is 0 Å². The Kier molecular flexibility index (Phi) is 5.59. The highest BCUT2D eigenvalue weighted by Gasteiger charge is 2.13. The molecule has 0 aromatic heterocycles. The first kappa shape index (κ1) is 10.2. The van der Waals surface area contributed by atoms with Crippen molar-refractivity contribution in [3.8, 4) is 0 Å². The third kappa shape index (κ3) is 4.20. The molecule has 1 rings (SSSR count). The van der Waals surface area contributed by atoms with Gasteiger partial charge in [0.25, 0.3) is 0 Å². The van der Waals surface area contributed by atoms with E-state index < -0.39 is 9.28 Å². The normalized spacial score (nSPS) is 21.8. The summed E-state index contributed by atoms with van der Waals surface area (Å²) in [5, 5.41) is 3.24. The molecule has 4 heteroatoms. The number of nitrogens with one attached hydrogen (secondary N) is 1. The van der Waals surface area contributed by atoms with Gasteiger partial charge in [0.05, 0.1) is 0 Å². The standard InChI is InChI=1S/C8H19NO2Si/c1-2-3-8-12-10-6-4-9-5-7-11-12/h9,12H,2-8H2,1H3. The van der Waals surface area contributed by atoms with Crippen LogP contribution < -0.4 is 5.32 Å². The van der Waals surface area contributed by atoms with E-state index in [-0.39, 0.29) is 0 Å². The van der Waals surface area contributed by atoms with Crippen molar-refractivity contribution < 1.29 is 8.85 Å². The third-order valence-electron chi connectivity index (χ3n) is 1.96. The lowest BCUT2D eigenvalue weighted by Gasteiger charge is -2.19. The Labute approximate surface area is 76.3 Å². The van der Waals surface area contributed by atoms with Crippen molar-refractivity contribution >= 4 is 9.28 Å². The van der Waals surface area contributed by atoms with Crippen molar-refractivity contribution in [3.63, 3.8) is 0 Å². The van der Waals surface area contributed by atoms with Gasteiger partial charge in [0.2, 0.25) is 0 Å². The van der Waals surface area contributed by atoms with Gasteiger partial charge in [-0.15, -0.1) is 0 Å². The minimum atomic E-state index is -1.26. The first-order chi connectivity index (χ1) is 5.93. The number of hydrogen-bond acceptors (Lipinski definition) is 3. The largest absolute Gasteiger partial charge is 0.395 e. The van der Waals surface area contributed by atoms with E-state index >= 15 is 0 Å². The lowest BCUT2D eigenvalue weighted by atomic mass is 10.4. The highest BCUT2D eigenvalue weighted by Crippen LogP contribution is 2.04. The molecule has 3 nitrogen and oxygen atoms in total. The van der Waals surface area contributed by atoms with Gasteiger partial charge in [-0.05, 0) is 6.04 Å². The van der Waals surface area contributed by atoms with Gasteiger partial charge in [0, 0.05) is 26.3 Å². The first-order valence-electron chi connectivity index (χ1n) is 4.87. The zero-order valence-corrected chi connectivity index (χ0v) is 9.00. The van der Waals surface area contributed by atoms with Crippen LogP contribution in [0.1, 0.15) is 19.8 Å². The average Bonchev–Trinajstić information content (AvgIpc) is 2.02. The minimum Gasteiger partial charge on any atom is -0.395 e. The molecule has 72 valence electrons. The predicted molar refractivity (Wildman–Crippen MR) is 51.6 cm³/mol. The molecule has 0 bridgehead atoms. The summed E-state index contributed by atoms with van der Waals surface area (Å²) < 4.78 is 11.3. The number of hydrogen-bond donors (Lipinski definition) is 1. The molecule has 1 saturated heterocycles. The van der Waals surface area contributed by atoms with E-state index in [4.69, 9.17) is 8.85 Å². The van der Waals surface area contributed by atoms with E-state index in [0.29, 0.717) is 0 Å². The molecule has 1 N–H and O–H groups in total. The van der Waals surface area contributed by atoms with Gasteiger partial charge in [-0.1, -0.05) is 19.8 Å². The summed E-state index contributed by atoms with van der Waals surface area (Å²) in [5.41, 5.74) is 0. The molecular weight excluding hydrogens is 170 g/mol. The zero-order chi connectivity index (χ0) is 8.65. The van der Waals surface area contributed by atoms with E-state index in [1.807, 2.05) is 0 Å². The first-order valence-corrected chi connectivity index (χ1v) is 6.63. The molecule has 0 atom stereocenters. The van der Waals surface area contributed by atoms with Gasteiger partial charge < -0.3 is 14.2 Å². The fraction of sp³-hybridized carbons (Fsp3) is 1.00. The lowest BCUT2D eigenvalue weighted by Crippen LogP contribution is -2.35. The topological polar surface area (TPSA) is 30.5 Å². The van der Waals surface area contributed by atoms with Crippen LogP contribution in [0.2, 0.25) is 6.04 Å². The Morgan fingerprint density at radius 1 is 1.25 bits per heavy atom. The Hall–Kier alpha value is 0.0969. The molecule has 0 aromatic rings. The van der Waals surface area contributed by atoms with Crippen molar-refractivity contribution in [2.45, 2.75) is 25.8 Å². The lowest BCUT2D eigenvalue weighted by molar-refractivity contribution is 0.177. The van der Waals surface area contributed by atoms with E-state index in [2.05, 4.69) is 12.2 Å². The van der Waals surface area contributed by atoms with Crippen molar-refractivity contribution in [1.82, 2.24) is 5.32 Å². The third-order valence-corrected chi connectivity index (χ3v) is 4.05. The molecule has 1 heterocycles. The number of rotatable bonds is 3. The molecule has 0 saturated carbocycles. The number of unbranched alkanes of at least 4 members (excludes halogenated alkanes) is 1. The summed E-state index contributed by atoms with van der Waals surface area (Å²) in [5.74, 6) is 0. The van der Waals surface area contributed by atoms with Crippen molar-refractivity contribution in [2.24, 2.45) is 0 Å². The molecule has 0 unspecified atom stereocenters. The molecule has 1 aliphatic heterocycles. The maximum absolute atomic E-state index is 5.64. The van der Waals surface area contributed by atoms with Crippen LogP contribution in [0.15, 0.2) is 0 Å². The maximum atomic E-state index is 5.64. The van der Waals surface area contributed by atoms with Crippen LogP contribution in [0.3, 0.4) is 0 Å². The smallest absolute Gasteiger partial charge is 0.321 e. The predicted octanol–water partition coefficient (Wildman–Crippen LogP) is 0.643. The molecular formula is C8H19NO2Si. The van der Waals surface area contributed by atoms with Crippen molar-refractivity contribution in [2.75, 3.05) is 26.3 Å². The highest BCUT2D eigenvalue weighted by atomic mass is 28.3. The average molecular weight is 189 g/mol. The minimum absolute atomic E-state index is 0.834.